The molecular formula is C25H25NO6. The number of carbonyl (C=O) groups is 3. The predicted octanol–water partition coefficient (Wildman–Crippen LogP) is 3.19. The first-order valence-electron chi connectivity index (χ1n) is 10.6. The highest BCUT2D eigenvalue weighted by molar-refractivity contribution is 6.12. The van der Waals surface area contributed by atoms with Crippen LogP contribution in [0.25, 0.3) is 0 Å². The van der Waals surface area contributed by atoms with Gasteiger partial charge < -0.3 is 19.9 Å². The topological polar surface area (TPSA) is 102 Å². The fourth-order valence-corrected chi connectivity index (χ4v) is 4.66. The number of rotatable bonds is 5. The van der Waals surface area contributed by atoms with Gasteiger partial charge in [0.05, 0.1) is 13.7 Å². The number of carbonyl (C=O) groups excluding carboxylic acids is 3. The molecule has 1 aliphatic heterocycles. The third-order valence-electron chi connectivity index (χ3n) is 6.10. The fraction of sp³-hybridized carbons (Fsp3) is 0.320. The molecule has 2 aromatic rings. The molecule has 0 saturated heterocycles. The largest absolute Gasteiger partial charge is 0.504 e. The van der Waals surface area contributed by atoms with Crippen LogP contribution in [-0.4, -0.2) is 36.5 Å². The van der Waals surface area contributed by atoms with Gasteiger partial charge in [0.15, 0.2) is 17.3 Å². The second-order valence-electron chi connectivity index (χ2n) is 7.94. The van der Waals surface area contributed by atoms with Crippen LogP contribution in [-0.2, 0) is 19.1 Å². The van der Waals surface area contributed by atoms with Gasteiger partial charge in [-0.3, -0.25) is 14.4 Å². The Bertz CT molecular complexity index is 1090. The first-order valence-corrected chi connectivity index (χ1v) is 10.6. The van der Waals surface area contributed by atoms with Crippen molar-refractivity contribution in [2.75, 3.05) is 13.7 Å². The summed E-state index contributed by atoms with van der Waals surface area (Å²) in [6, 6.07) is 14.1. The van der Waals surface area contributed by atoms with Crippen LogP contribution in [0.2, 0.25) is 0 Å². The highest BCUT2D eigenvalue weighted by Gasteiger charge is 2.47. The van der Waals surface area contributed by atoms with Crippen molar-refractivity contribution in [2.45, 2.75) is 31.6 Å². The number of hydrogen-bond acceptors (Lipinski definition) is 6. The predicted molar refractivity (Wildman–Crippen MR) is 116 cm³/mol. The lowest BCUT2D eigenvalue weighted by atomic mass is 9.68. The number of ether oxygens (including phenoxy) is 2. The van der Waals surface area contributed by atoms with Crippen LogP contribution in [0.15, 0.2) is 59.8 Å². The number of ketones is 1. The fourth-order valence-electron chi connectivity index (χ4n) is 4.66. The van der Waals surface area contributed by atoms with Crippen molar-refractivity contribution in [3.05, 3.63) is 70.9 Å². The standard InChI is InChI=1S/C25H25NO6/c1-3-32-25(30)23-16(14-7-5-4-6-8-14)12-18-22(24(23)29)17(13-21(28)26-18)15-9-10-19(27)20(11-15)31-2/h4-11,16-17,23,27H,3,12-13H2,1-2H3,(H,26,28)/t16-,17+,23+/m1/s1. The summed E-state index contributed by atoms with van der Waals surface area (Å²) in [4.78, 5) is 39.3. The Hall–Kier alpha value is -3.61. The smallest absolute Gasteiger partial charge is 0.317 e. The molecule has 7 heteroatoms. The van der Waals surface area contributed by atoms with E-state index >= 15 is 0 Å². The van der Waals surface area contributed by atoms with E-state index in [0.29, 0.717) is 23.3 Å². The van der Waals surface area contributed by atoms with Gasteiger partial charge in [0.25, 0.3) is 0 Å². The molecule has 0 spiro atoms. The molecule has 0 bridgehead atoms. The summed E-state index contributed by atoms with van der Waals surface area (Å²) in [5.74, 6) is -2.85. The van der Waals surface area contributed by atoms with Gasteiger partial charge in [-0.25, -0.2) is 0 Å². The van der Waals surface area contributed by atoms with Crippen LogP contribution in [0, 0.1) is 5.92 Å². The summed E-state index contributed by atoms with van der Waals surface area (Å²) in [6.45, 7) is 1.88. The number of phenols is 1. The summed E-state index contributed by atoms with van der Waals surface area (Å²) in [5, 5.41) is 12.8. The van der Waals surface area contributed by atoms with Crippen LogP contribution < -0.4 is 10.1 Å². The lowest BCUT2D eigenvalue weighted by Crippen LogP contribution is -2.44. The van der Waals surface area contributed by atoms with Crippen LogP contribution in [0.5, 0.6) is 11.5 Å². The first-order chi connectivity index (χ1) is 15.4. The van der Waals surface area contributed by atoms with E-state index in [4.69, 9.17) is 9.47 Å². The van der Waals surface area contributed by atoms with E-state index in [1.54, 1.807) is 19.1 Å². The molecule has 1 amide bonds. The minimum absolute atomic E-state index is 0.0331. The van der Waals surface area contributed by atoms with Crippen molar-refractivity contribution in [1.82, 2.24) is 5.32 Å². The Balaban J connectivity index is 1.82. The number of Topliss-reactive ketones (excluding diaryl/α,β-unsaturated/α-hetero) is 1. The number of esters is 1. The third kappa shape index (κ3) is 3.86. The number of methoxy groups -OCH3 is 1. The molecule has 0 fully saturated rings. The van der Waals surface area contributed by atoms with Crippen molar-refractivity contribution in [3.8, 4) is 11.5 Å². The van der Waals surface area contributed by atoms with Gasteiger partial charge in [0, 0.05) is 29.5 Å². The number of nitrogens with one attached hydrogen (secondary N) is 1. The van der Waals surface area contributed by atoms with E-state index in [1.807, 2.05) is 30.3 Å². The zero-order valence-corrected chi connectivity index (χ0v) is 18.0. The van der Waals surface area contributed by atoms with Gasteiger partial charge in [-0.15, -0.1) is 0 Å². The molecule has 2 aliphatic rings. The SMILES string of the molecule is CCOC(=O)[C@@H]1C(=O)C2=C(C[C@@H]1c1ccccc1)NC(=O)C[C@H]2c1ccc(O)c(OC)c1. The molecule has 2 aromatic carbocycles. The lowest BCUT2D eigenvalue weighted by Gasteiger charge is -2.38. The Kier molecular flexibility index (Phi) is 5.99. The van der Waals surface area contributed by atoms with Crippen LogP contribution in [0.4, 0.5) is 0 Å². The maximum Gasteiger partial charge on any atom is 0.317 e. The average Bonchev–Trinajstić information content (AvgIpc) is 2.79. The summed E-state index contributed by atoms with van der Waals surface area (Å²) in [6.07, 6.45) is 0.399. The number of phenolic OH excluding ortho intramolecular Hbond substituents is 1. The van der Waals surface area contributed by atoms with Crippen molar-refractivity contribution in [1.29, 1.82) is 0 Å². The van der Waals surface area contributed by atoms with Crippen molar-refractivity contribution in [3.63, 3.8) is 0 Å². The van der Waals surface area contributed by atoms with Gasteiger partial charge in [-0.1, -0.05) is 36.4 Å². The highest BCUT2D eigenvalue weighted by atomic mass is 16.5. The number of amides is 1. The molecule has 2 N–H and O–H groups in total. The molecular weight excluding hydrogens is 410 g/mol. The van der Waals surface area contributed by atoms with Gasteiger partial charge in [0.2, 0.25) is 5.91 Å². The Morgan fingerprint density at radius 3 is 2.53 bits per heavy atom. The first kappa shape index (κ1) is 21.6. The van der Waals surface area contributed by atoms with Gasteiger partial charge in [-0.05, 0) is 36.6 Å². The molecule has 166 valence electrons. The zero-order chi connectivity index (χ0) is 22.8. The maximum atomic E-state index is 13.8. The molecule has 0 unspecified atom stereocenters. The average molecular weight is 435 g/mol. The Labute approximate surface area is 186 Å². The minimum Gasteiger partial charge on any atom is -0.504 e. The summed E-state index contributed by atoms with van der Waals surface area (Å²) >= 11 is 0. The van der Waals surface area contributed by atoms with Gasteiger partial charge in [0.1, 0.15) is 5.92 Å². The second kappa shape index (κ2) is 8.86. The molecule has 1 heterocycles. The van der Waals surface area contributed by atoms with Crippen LogP contribution >= 0.6 is 0 Å². The molecule has 4 rings (SSSR count). The summed E-state index contributed by atoms with van der Waals surface area (Å²) < 4.78 is 10.5. The van der Waals surface area contributed by atoms with Crippen molar-refractivity contribution in [2.24, 2.45) is 5.92 Å². The lowest BCUT2D eigenvalue weighted by molar-refractivity contribution is -0.152. The van der Waals surface area contributed by atoms with E-state index in [0.717, 1.165) is 5.56 Å². The molecule has 0 radical (unpaired) electrons. The Morgan fingerprint density at radius 2 is 1.84 bits per heavy atom. The molecule has 1 aliphatic carbocycles. The van der Waals surface area contributed by atoms with E-state index < -0.39 is 23.7 Å². The Morgan fingerprint density at radius 1 is 1.09 bits per heavy atom. The normalized spacial score (nSPS) is 22.8. The molecule has 7 nitrogen and oxygen atoms in total. The molecule has 32 heavy (non-hydrogen) atoms. The number of allylic oxidation sites excluding steroid dienone is 2. The van der Waals surface area contributed by atoms with E-state index in [2.05, 4.69) is 5.32 Å². The number of hydrogen-bond donors (Lipinski definition) is 2. The monoisotopic (exact) mass is 435 g/mol. The highest BCUT2D eigenvalue weighted by Crippen LogP contribution is 2.46. The molecule has 3 atom stereocenters. The summed E-state index contributed by atoms with van der Waals surface area (Å²) in [7, 11) is 1.43. The number of benzene rings is 2. The maximum absolute atomic E-state index is 13.8. The zero-order valence-electron chi connectivity index (χ0n) is 18.0. The third-order valence-corrected chi connectivity index (χ3v) is 6.10. The van der Waals surface area contributed by atoms with E-state index in [9.17, 15) is 19.5 Å². The van der Waals surface area contributed by atoms with Gasteiger partial charge >= 0.3 is 5.97 Å². The van der Waals surface area contributed by atoms with Crippen molar-refractivity contribution < 1.29 is 29.0 Å². The van der Waals surface area contributed by atoms with Gasteiger partial charge in [-0.2, -0.15) is 0 Å². The molecule has 0 aromatic heterocycles. The van der Waals surface area contributed by atoms with E-state index in [-0.39, 0.29) is 36.2 Å². The number of aromatic hydroxyl groups is 1. The van der Waals surface area contributed by atoms with E-state index in [1.165, 1.54) is 13.2 Å². The summed E-state index contributed by atoms with van der Waals surface area (Å²) in [5.41, 5.74) is 2.46. The van der Waals surface area contributed by atoms with Crippen LogP contribution in [0.1, 0.15) is 42.7 Å². The van der Waals surface area contributed by atoms with Crippen molar-refractivity contribution >= 4 is 17.7 Å². The molecule has 0 saturated carbocycles. The minimum atomic E-state index is -0.993. The van der Waals surface area contributed by atoms with Crippen LogP contribution in [0.3, 0.4) is 0 Å². The quantitative estimate of drug-likeness (QED) is 0.552. The second-order valence-corrected chi connectivity index (χ2v) is 7.94.